The zero-order chi connectivity index (χ0) is 9.84. The third kappa shape index (κ3) is 3.14. The number of rotatable bonds is 2. The van der Waals surface area contributed by atoms with Crippen LogP contribution in [0.2, 0.25) is 0 Å². The van der Waals surface area contributed by atoms with E-state index in [0.29, 0.717) is 10.6 Å². The average molecular weight is 202 g/mol. The van der Waals surface area contributed by atoms with E-state index < -0.39 is 6.23 Å². The molecule has 3 N–H and O–H groups in total. The molecule has 0 unspecified atom stereocenters. The molecule has 0 heterocycles. The van der Waals surface area contributed by atoms with Crippen molar-refractivity contribution >= 4 is 16.6 Å². The van der Waals surface area contributed by atoms with Crippen LogP contribution in [0, 0.1) is 5.82 Å². The highest BCUT2D eigenvalue weighted by Gasteiger charge is 1.99. The molecule has 0 aliphatic rings. The van der Waals surface area contributed by atoms with Crippen LogP contribution < -0.4 is 5.73 Å². The SMILES string of the molecule is N[C@@H](O)/C=C(\Cl)c1ccc(F)cc1. The first-order valence-corrected chi connectivity index (χ1v) is 4.04. The van der Waals surface area contributed by atoms with Crippen molar-refractivity contribution in [3.05, 3.63) is 41.7 Å². The Kier molecular flexibility index (Phi) is 3.42. The standard InChI is InChI=1S/C9H9ClFNO/c10-8(5-9(12)13)6-1-3-7(11)4-2-6/h1-5,9,13H,12H2/b8-5-/t9-/m0/s1. The van der Waals surface area contributed by atoms with Crippen molar-refractivity contribution in [3.8, 4) is 0 Å². The highest BCUT2D eigenvalue weighted by atomic mass is 35.5. The average Bonchev–Trinajstić information content (AvgIpc) is 2.04. The molecular formula is C9H9ClFNO. The van der Waals surface area contributed by atoms with Gasteiger partial charge in [0.2, 0.25) is 0 Å². The smallest absolute Gasteiger partial charge is 0.123 e. The molecule has 0 amide bonds. The van der Waals surface area contributed by atoms with Crippen LogP contribution in [0.25, 0.3) is 5.03 Å². The van der Waals surface area contributed by atoms with Gasteiger partial charge in [-0.05, 0) is 23.8 Å². The normalized spacial score (nSPS) is 14.3. The Morgan fingerprint density at radius 1 is 1.46 bits per heavy atom. The van der Waals surface area contributed by atoms with E-state index >= 15 is 0 Å². The third-order valence-corrected chi connectivity index (χ3v) is 1.78. The van der Waals surface area contributed by atoms with Crippen LogP contribution >= 0.6 is 11.6 Å². The Bertz CT molecular complexity index is 308. The van der Waals surface area contributed by atoms with Gasteiger partial charge in [-0.15, -0.1) is 0 Å². The monoisotopic (exact) mass is 201 g/mol. The molecule has 1 aromatic carbocycles. The van der Waals surface area contributed by atoms with Crippen molar-refractivity contribution in [3.63, 3.8) is 0 Å². The summed E-state index contributed by atoms with van der Waals surface area (Å²) in [6, 6.07) is 5.59. The molecule has 2 nitrogen and oxygen atoms in total. The van der Waals surface area contributed by atoms with Gasteiger partial charge >= 0.3 is 0 Å². The van der Waals surface area contributed by atoms with E-state index in [-0.39, 0.29) is 5.82 Å². The van der Waals surface area contributed by atoms with Crippen LogP contribution in [0.3, 0.4) is 0 Å². The summed E-state index contributed by atoms with van der Waals surface area (Å²) in [6.45, 7) is 0. The van der Waals surface area contributed by atoms with E-state index in [1.807, 2.05) is 0 Å². The van der Waals surface area contributed by atoms with Crippen LogP contribution in [0.5, 0.6) is 0 Å². The van der Waals surface area contributed by atoms with E-state index in [1.165, 1.54) is 30.3 Å². The number of halogens is 2. The first kappa shape index (κ1) is 10.2. The summed E-state index contributed by atoms with van der Waals surface area (Å²) >= 11 is 5.75. The topological polar surface area (TPSA) is 46.2 Å². The quantitative estimate of drug-likeness (QED) is 0.716. The molecule has 0 aromatic heterocycles. The zero-order valence-electron chi connectivity index (χ0n) is 6.74. The molecule has 0 saturated heterocycles. The maximum absolute atomic E-state index is 12.5. The van der Waals surface area contributed by atoms with Gasteiger partial charge in [0.1, 0.15) is 12.0 Å². The fourth-order valence-corrected chi connectivity index (χ4v) is 1.11. The molecule has 0 aliphatic carbocycles. The van der Waals surface area contributed by atoms with Gasteiger partial charge in [0.05, 0.1) is 0 Å². The Morgan fingerprint density at radius 3 is 2.46 bits per heavy atom. The summed E-state index contributed by atoms with van der Waals surface area (Å²) in [5.41, 5.74) is 5.70. The van der Waals surface area contributed by atoms with Gasteiger partial charge in [-0.1, -0.05) is 23.7 Å². The minimum Gasteiger partial charge on any atom is -0.375 e. The second-order valence-electron chi connectivity index (χ2n) is 2.51. The van der Waals surface area contributed by atoms with Crippen LogP contribution in [0.15, 0.2) is 30.3 Å². The second-order valence-corrected chi connectivity index (χ2v) is 2.92. The van der Waals surface area contributed by atoms with Gasteiger partial charge in [0.15, 0.2) is 0 Å². The maximum atomic E-state index is 12.5. The lowest BCUT2D eigenvalue weighted by atomic mass is 10.2. The van der Waals surface area contributed by atoms with Gasteiger partial charge in [-0.25, -0.2) is 4.39 Å². The van der Waals surface area contributed by atoms with Crippen LogP contribution in [-0.2, 0) is 0 Å². The Labute approximate surface area is 80.4 Å². The van der Waals surface area contributed by atoms with Crippen molar-refractivity contribution in [2.24, 2.45) is 5.73 Å². The van der Waals surface area contributed by atoms with E-state index in [2.05, 4.69) is 0 Å². The highest BCUT2D eigenvalue weighted by molar-refractivity contribution is 6.48. The molecule has 13 heavy (non-hydrogen) atoms. The molecule has 0 fully saturated rings. The van der Waals surface area contributed by atoms with Crippen molar-refractivity contribution < 1.29 is 9.50 Å². The molecule has 0 aliphatic heterocycles. The molecule has 0 bridgehead atoms. The lowest BCUT2D eigenvalue weighted by Gasteiger charge is -2.00. The molecule has 1 atom stereocenters. The molecule has 4 heteroatoms. The summed E-state index contributed by atoms with van der Waals surface area (Å²) in [5, 5.41) is 9.08. The van der Waals surface area contributed by atoms with Crippen LogP contribution in [0.4, 0.5) is 4.39 Å². The number of hydrogen-bond donors (Lipinski definition) is 2. The molecule has 70 valence electrons. The van der Waals surface area contributed by atoms with Gasteiger partial charge < -0.3 is 10.8 Å². The number of benzene rings is 1. The summed E-state index contributed by atoms with van der Waals surface area (Å²) in [7, 11) is 0. The van der Waals surface area contributed by atoms with E-state index in [1.54, 1.807) is 0 Å². The van der Waals surface area contributed by atoms with Crippen molar-refractivity contribution in [1.29, 1.82) is 0 Å². The minimum atomic E-state index is -1.10. The molecular weight excluding hydrogens is 193 g/mol. The van der Waals surface area contributed by atoms with Gasteiger partial charge in [-0.3, -0.25) is 0 Å². The summed E-state index contributed by atoms with van der Waals surface area (Å²) in [6.07, 6.45) is 0.173. The largest absolute Gasteiger partial charge is 0.375 e. The van der Waals surface area contributed by atoms with Gasteiger partial charge in [0, 0.05) is 5.03 Å². The maximum Gasteiger partial charge on any atom is 0.123 e. The van der Waals surface area contributed by atoms with Crippen molar-refractivity contribution in [1.82, 2.24) is 0 Å². The predicted molar refractivity (Wildman–Crippen MR) is 50.4 cm³/mol. The molecule has 0 saturated carbocycles. The molecule has 0 spiro atoms. The van der Waals surface area contributed by atoms with Gasteiger partial charge in [0.25, 0.3) is 0 Å². The minimum absolute atomic E-state index is 0.301. The van der Waals surface area contributed by atoms with Crippen LogP contribution in [0.1, 0.15) is 5.56 Å². The number of hydrogen-bond acceptors (Lipinski definition) is 2. The third-order valence-electron chi connectivity index (χ3n) is 1.44. The van der Waals surface area contributed by atoms with E-state index in [4.69, 9.17) is 22.4 Å². The van der Waals surface area contributed by atoms with Gasteiger partial charge in [-0.2, -0.15) is 0 Å². The lowest BCUT2D eigenvalue weighted by molar-refractivity contribution is 0.232. The van der Waals surface area contributed by atoms with Crippen molar-refractivity contribution in [2.45, 2.75) is 6.23 Å². The summed E-state index contributed by atoms with van der Waals surface area (Å²) in [5.74, 6) is -0.332. The summed E-state index contributed by atoms with van der Waals surface area (Å²) in [4.78, 5) is 0. The first-order chi connectivity index (χ1) is 6.09. The second kappa shape index (κ2) is 4.37. The summed E-state index contributed by atoms with van der Waals surface area (Å²) < 4.78 is 12.5. The fourth-order valence-electron chi connectivity index (χ4n) is 0.855. The Balaban J connectivity index is 2.89. The number of nitrogens with two attached hydrogens (primary N) is 1. The van der Waals surface area contributed by atoms with Crippen LogP contribution in [-0.4, -0.2) is 11.3 Å². The lowest BCUT2D eigenvalue weighted by Crippen LogP contribution is -2.14. The Morgan fingerprint density at radius 2 is 2.00 bits per heavy atom. The molecule has 0 radical (unpaired) electrons. The highest BCUT2D eigenvalue weighted by Crippen LogP contribution is 2.18. The first-order valence-electron chi connectivity index (χ1n) is 3.66. The van der Waals surface area contributed by atoms with E-state index in [9.17, 15) is 4.39 Å². The zero-order valence-corrected chi connectivity index (χ0v) is 7.50. The van der Waals surface area contributed by atoms with Crippen molar-refractivity contribution in [2.75, 3.05) is 0 Å². The number of aliphatic hydroxyl groups is 1. The predicted octanol–water partition coefficient (Wildman–Crippen LogP) is 1.68. The molecule has 1 aromatic rings. The van der Waals surface area contributed by atoms with E-state index in [0.717, 1.165) is 0 Å². The fraction of sp³-hybridized carbons (Fsp3) is 0.111. The Hall–Kier alpha value is -0.900. The molecule has 1 rings (SSSR count). The number of aliphatic hydroxyl groups excluding tert-OH is 1.